The van der Waals surface area contributed by atoms with E-state index in [0.29, 0.717) is 12.6 Å². The third-order valence-corrected chi connectivity index (χ3v) is 3.89. The van der Waals surface area contributed by atoms with Gasteiger partial charge in [0.2, 0.25) is 0 Å². The number of nitrogens with one attached hydrogen (secondary N) is 1. The number of carbonyl (C=O) groups excluding carboxylic acids is 1. The largest absolute Gasteiger partial charge is 0.444 e. The molecule has 0 radical (unpaired) electrons. The molecule has 0 bridgehead atoms. The van der Waals surface area contributed by atoms with Crippen LogP contribution in [0.3, 0.4) is 0 Å². The molecule has 0 aliphatic carbocycles. The van der Waals surface area contributed by atoms with E-state index in [4.69, 9.17) is 4.74 Å². The number of aromatic nitrogens is 1. The quantitative estimate of drug-likeness (QED) is 0.830. The highest BCUT2D eigenvalue weighted by Gasteiger charge is 2.27. The molecule has 1 aliphatic heterocycles. The molecular formula is C16H24BrN3O2. The lowest BCUT2D eigenvalue weighted by molar-refractivity contribution is 0.0187. The van der Waals surface area contributed by atoms with Crippen LogP contribution < -0.4 is 5.32 Å². The second-order valence-electron chi connectivity index (χ2n) is 6.63. The Morgan fingerprint density at radius 2 is 2.32 bits per heavy atom. The van der Waals surface area contributed by atoms with Crippen LogP contribution in [0.15, 0.2) is 22.9 Å². The van der Waals surface area contributed by atoms with Gasteiger partial charge in [0.05, 0.1) is 0 Å². The van der Waals surface area contributed by atoms with Gasteiger partial charge in [0.25, 0.3) is 0 Å². The summed E-state index contributed by atoms with van der Waals surface area (Å²) in [6, 6.07) is 4.29. The number of piperidine rings is 1. The Morgan fingerprint density at radius 1 is 1.55 bits per heavy atom. The number of hydrogen-bond acceptors (Lipinski definition) is 4. The number of hydrogen-bond donors (Lipinski definition) is 1. The first kappa shape index (κ1) is 17.2. The van der Waals surface area contributed by atoms with Gasteiger partial charge in [-0.3, -0.25) is 0 Å². The number of ether oxygens (including phenoxy) is 1. The van der Waals surface area contributed by atoms with Gasteiger partial charge in [0.1, 0.15) is 10.2 Å². The molecule has 0 aromatic carbocycles. The van der Waals surface area contributed by atoms with E-state index in [9.17, 15) is 4.79 Å². The number of likely N-dealkylation sites (tertiary alicyclic amines) is 1. The number of rotatable bonds is 3. The maximum absolute atomic E-state index is 12.1. The smallest absolute Gasteiger partial charge is 0.410 e. The van der Waals surface area contributed by atoms with E-state index in [-0.39, 0.29) is 6.09 Å². The highest BCUT2D eigenvalue weighted by molar-refractivity contribution is 9.10. The molecule has 2 heterocycles. The van der Waals surface area contributed by atoms with Gasteiger partial charge in [-0.2, -0.15) is 0 Å². The number of amides is 1. The summed E-state index contributed by atoms with van der Waals surface area (Å²) < 4.78 is 6.29. The summed E-state index contributed by atoms with van der Waals surface area (Å²) in [6.45, 7) is 7.92. The first-order chi connectivity index (χ1) is 10.3. The normalized spacial score (nSPS) is 19.1. The summed E-state index contributed by atoms with van der Waals surface area (Å²) in [5.41, 5.74) is 0.733. The van der Waals surface area contributed by atoms with Gasteiger partial charge in [-0.25, -0.2) is 9.78 Å². The third kappa shape index (κ3) is 5.57. The molecule has 6 heteroatoms. The number of halogens is 1. The van der Waals surface area contributed by atoms with E-state index in [2.05, 4.69) is 26.2 Å². The molecule has 122 valence electrons. The second-order valence-corrected chi connectivity index (χ2v) is 7.45. The Hall–Kier alpha value is -1.14. The average Bonchev–Trinajstić information content (AvgIpc) is 2.44. The van der Waals surface area contributed by atoms with Crippen molar-refractivity contribution in [3.63, 3.8) is 0 Å². The number of nitrogens with zero attached hydrogens (tertiary/aromatic N) is 2. The first-order valence-electron chi connectivity index (χ1n) is 7.65. The summed E-state index contributed by atoms with van der Waals surface area (Å²) in [7, 11) is 0. The van der Waals surface area contributed by atoms with Gasteiger partial charge in [-0.1, -0.05) is 0 Å². The van der Waals surface area contributed by atoms with Crippen molar-refractivity contribution in [2.75, 3.05) is 13.1 Å². The van der Waals surface area contributed by atoms with Crippen molar-refractivity contribution in [1.29, 1.82) is 0 Å². The molecule has 2 rings (SSSR count). The van der Waals surface area contributed by atoms with Crippen molar-refractivity contribution < 1.29 is 9.53 Å². The lowest BCUT2D eigenvalue weighted by Gasteiger charge is -2.34. The second kappa shape index (κ2) is 7.42. The van der Waals surface area contributed by atoms with Crippen molar-refractivity contribution >= 4 is 22.0 Å². The molecule has 1 fully saturated rings. The first-order valence-corrected chi connectivity index (χ1v) is 8.44. The van der Waals surface area contributed by atoms with E-state index in [1.54, 1.807) is 11.1 Å². The van der Waals surface area contributed by atoms with Crippen LogP contribution in [0.5, 0.6) is 0 Å². The highest BCUT2D eigenvalue weighted by atomic mass is 79.9. The van der Waals surface area contributed by atoms with Gasteiger partial charge in [0, 0.05) is 31.9 Å². The van der Waals surface area contributed by atoms with Crippen LogP contribution in [-0.4, -0.2) is 40.7 Å². The monoisotopic (exact) mass is 369 g/mol. The fourth-order valence-electron chi connectivity index (χ4n) is 2.45. The number of carbonyl (C=O) groups is 1. The van der Waals surface area contributed by atoms with E-state index in [1.807, 2.05) is 32.9 Å². The summed E-state index contributed by atoms with van der Waals surface area (Å²) in [6.07, 6.45) is 3.64. The molecule has 0 spiro atoms. The number of pyridine rings is 1. The lowest BCUT2D eigenvalue weighted by atomic mass is 10.1. The molecule has 1 saturated heterocycles. The molecule has 5 nitrogen and oxygen atoms in total. The van der Waals surface area contributed by atoms with Crippen LogP contribution in [0.4, 0.5) is 4.79 Å². The molecule has 1 aromatic heterocycles. The summed E-state index contributed by atoms with van der Waals surface area (Å²) in [4.78, 5) is 18.1. The molecule has 0 unspecified atom stereocenters. The van der Waals surface area contributed by atoms with Gasteiger partial charge in [0.15, 0.2) is 0 Å². The Labute approximate surface area is 140 Å². The summed E-state index contributed by atoms with van der Waals surface area (Å²) in [5.74, 6) is 0. The average molecular weight is 370 g/mol. The molecule has 0 saturated carbocycles. The van der Waals surface area contributed by atoms with Crippen molar-refractivity contribution in [3.8, 4) is 0 Å². The van der Waals surface area contributed by atoms with Crippen LogP contribution >= 0.6 is 15.9 Å². The van der Waals surface area contributed by atoms with Gasteiger partial charge < -0.3 is 15.0 Å². The Kier molecular flexibility index (Phi) is 5.81. The third-order valence-electron chi connectivity index (χ3n) is 3.46. The Balaban J connectivity index is 1.84. The SMILES string of the molecule is CC(C)(C)OC(=O)N1CCC[C@@H](NCc2ccnc(Br)c2)C1. The molecule has 1 aromatic rings. The van der Waals surface area contributed by atoms with Crippen LogP contribution in [0.1, 0.15) is 39.2 Å². The maximum atomic E-state index is 12.1. The van der Waals surface area contributed by atoms with Crippen molar-refractivity contribution in [1.82, 2.24) is 15.2 Å². The van der Waals surface area contributed by atoms with E-state index >= 15 is 0 Å². The van der Waals surface area contributed by atoms with Gasteiger partial charge in [-0.15, -0.1) is 0 Å². The molecular weight excluding hydrogens is 346 g/mol. The fourth-order valence-corrected chi connectivity index (χ4v) is 2.86. The lowest BCUT2D eigenvalue weighted by Crippen LogP contribution is -2.49. The highest BCUT2D eigenvalue weighted by Crippen LogP contribution is 2.16. The van der Waals surface area contributed by atoms with Crippen LogP contribution in [0.25, 0.3) is 0 Å². The maximum Gasteiger partial charge on any atom is 0.410 e. The summed E-state index contributed by atoms with van der Waals surface area (Å²) >= 11 is 3.38. The zero-order valence-corrected chi connectivity index (χ0v) is 15.0. The summed E-state index contributed by atoms with van der Waals surface area (Å²) in [5, 5.41) is 3.51. The van der Waals surface area contributed by atoms with Crippen LogP contribution in [-0.2, 0) is 11.3 Å². The standard InChI is InChI=1S/C16H24BrN3O2/c1-16(2,3)22-15(21)20-8-4-5-13(11-20)19-10-12-6-7-18-14(17)9-12/h6-7,9,13,19H,4-5,8,10-11H2,1-3H3/t13-/m1/s1. The van der Waals surface area contributed by atoms with Gasteiger partial charge >= 0.3 is 6.09 Å². The molecule has 1 atom stereocenters. The minimum absolute atomic E-state index is 0.217. The predicted molar refractivity (Wildman–Crippen MR) is 89.6 cm³/mol. The van der Waals surface area contributed by atoms with Crippen molar-refractivity contribution in [3.05, 3.63) is 28.5 Å². The van der Waals surface area contributed by atoms with Gasteiger partial charge in [-0.05, 0) is 67.2 Å². The van der Waals surface area contributed by atoms with E-state index < -0.39 is 5.60 Å². The molecule has 1 N–H and O–H groups in total. The minimum atomic E-state index is -0.444. The van der Waals surface area contributed by atoms with Crippen molar-refractivity contribution in [2.45, 2.75) is 51.8 Å². The van der Waals surface area contributed by atoms with E-state index in [1.165, 1.54) is 5.56 Å². The molecule has 1 aliphatic rings. The van der Waals surface area contributed by atoms with Crippen LogP contribution in [0.2, 0.25) is 0 Å². The zero-order chi connectivity index (χ0) is 16.2. The van der Waals surface area contributed by atoms with Crippen molar-refractivity contribution in [2.24, 2.45) is 0 Å². The molecule has 1 amide bonds. The zero-order valence-electron chi connectivity index (χ0n) is 13.4. The fraction of sp³-hybridized carbons (Fsp3) is 0.625. The molecule has 22 heavy (non-hydrogen) atoms. The Morgan fingerprint density at radius 3 is 3.00 bits per heavy atom. The topological polar surface area (TPSA) is 54.5 Å². The minimum Gasteiger partial charge on any atom is -0.444 e. The van der Waals surface area contributed by atoms with E-state index in [0.717, 1.165) is 30.5 Å². The Bertz CT molecular complexity index is 516. The van der Waals surface area contributed by atoms with Crippen LogP contribution in [0, 0.1) is 0 Å². The predicted octanol–water partition coefficient (Wildman–Crippen LogP) is 3.33.